The second kappa shape index (κ2) is 6.35. The van der Waals surface area contributed by atoms with Crippen LogP contribution in [0.15, 0.2) is 41.2 Å². The Kier molecular flexibility index (Phi) is 4.52. The summed E-state index contributed by atoms with van der Waals surface area (Å²) in [7, 11) is 0. The molecular weight excluding hydrogens is 271 g/mol. The van der Waals surface area contributed by atoms with Gasteiger partial charge < -0.3 is 10.3 Å². The number of pyridine rings is 1. The predicted octanol–water partition coefficient (Wildman–Crippen LogP) is 2.71. The first-order chi connectivity index (χ1) is 10.0. The van der Waals surface area contributed by atoms with Crippen LogP contribution in [-0.4, -0.2) is 16.9 Å². The molecule has 1 atom stereocenters. The quantitative estimate of drug-likeness (QED) is 0.908. The van der Waals surface area contributed by atoms with Crippen LogP contribution in [-0.2, 0) is 0 Å². The van der Waals surface area contributed by atoms with Crippen molar-refractivity contribution in [1.82, 2.24) is 10.3 Å². The number of nitrogens with one attached hydrogen (secondary N) is 2. The van der Waals surface area contributed by atoms with Crippen molar-refractivity contribution in [3.63, 3.8) is 0 Å². The molecule has 1 aromatic heterocycles. The zero-order valence-electron chi connectivity index (χ0n) is 11.9. The molecule has 2 rings (SSSR count). The lowest BCUT2D eigenvalue weighted by Crippen LogP contribution is -2.35. The summed E-state index contributed by atoms with van der Waals surface area (Å²) in [5.74, 6) is -0.734. The summed E-state index contributed by atoms with van der Waals surface area (Å²) in [6, 6.07) is 8.90. The van der Waals surface area contributed by atoms with E-state index in [-0.39, 0.29) is 17.4 Å². The standard InChI is InChI=1S/C16H17FN2O2/c1-3-10(2)18-15(20)13-8-9-14(19-16(13)21)11-4-6-12(17)7-5-11/h4-10H,3H2,1-2H3,(H,18,20)(H,19,21)/t10-/m1/s1. The van der Waals surface area contributed by atoms with Gasteiger partial charge in [0.1, 0.15) is 11.4 Å². The molecule has 0 bridgehead atoms. The van der Waals surface area contributed by atoms with Gasteiger partial charge in [0.2, 0.25) is 0 Å². The molecule has 5 heteroatoms. The van der Waals surface area contributed by atoms with E-state index < -0.39 is 11.5 Å². The van der Waals surface area contributed by atoms with Crippen molar-refractivity contribution in [3.05, 3.63) is 58.1 Å². The molecule has 0 radical (unpaired) electrons. The molecule has 21 heavy (non-hydrogen) atoms. The Morgan fingerprint density at radius 3 is 2.48 bits per heavy atom. The monoisotopic (exact) mass is 288 g/mol. The van der Waals surface area contributed by atoms with Crippen LogP contribution in [0, 0.1) is 5.82 Å². The number of halogens is 1. The minimum Gasteiger partial charge on any atom is -0.349 e. The average molecular weight is 288 g/mol. The molecule has 0 aliphatic rings. The first-order valence-corrected chi connectivity index (χ1v) is 6.81. The third kappa shape index (κ3) is 3.56. The predicted molar refractivity (Wildman–Crippen MR) is 79.7 cm³/mol. The number of aromatic amines is 1. The lowest BCUT2D eigenvalue weighted by Gasteiger charge is -2.11. The van der Waals surface area contributed by atoms with Gasteiger partial charge in [0.15, 0.2) is 0 Å². The van der Waals surface area contributed by atoms with E-state index in [1.165, 1.54) is 18.2 Å². The van der Waals surface area contributed by atoms with Gasteiger partial charge in [0, 0.05) is 11.7 Å². The summed E-state index contributed by atoms with van der Waals surface area (Å²) in [5.41, 5.74) is 0.835. The fourth-order valence-corrected chi connectivity index (χ4v) is 1.85. The third-order valence-electron chi connectivity index (χ3n) is 3.30. The van der Waals surface area contributed by atoms with Crippen molar-refractivity contribution in [3.8, 4) is 11.3 Å². The lowest BCUT2D eigenvalue weighted by atomic mass is 10.1. The molecule has 2 aromatic rings. The molecule has 1 amide bonds. The van der Waals surface area contributed by atoms with Gasteiger partial charge in [0.25, 0.3) is 11.5 Å². The van der Waals surface area contributed by atoms with Crippen LogP contribution in [0.4, 0.5) is 4.39 Å². The molecule has 0 saturated heterocycles. The van der Waals surface area contributed by atoms with Gasteiger partial charge in [-0.05, 0) is 55.3 Å². The Bertz CT molecular complexity index is 692. The first kappa shape index (κ1) is 15.0. The van der Waals surface area contributed by atoms with Crippen LogP contribution in [0.1, 0.15) is 30.6 Å². The van der Waals surface area contributed by atoms with Crippen LogP contribution in [0.5, 0.6) is 0 Å². The van der Waals surface area contributed by atoms with Crippen LogP contribution >= 0.6 is 0 Å². The van der Waals surface area contributed by atoms with Crippen LogP contribution in [0.2, 0.25) is 0 Å². The number of hydrogen-bond acceptors (Lipinski definition) is 2. The van der Waals surface area contributed by atoms with E-state index in [1.54, 1.807) is 18.2 Å². The topological polar surface area (TPSA) is 62.0 Å². The zero-order valence-corrected chi connectivity index (χ0v) is 11.9. The van der Waals surface area contributed by atoms with Gasteiger partial charge >= 0.3 is 0 Å². The third-order valence-corrected chi connectivity index (χ3v) is 3.30. The Morgan fingerprint density at radius 2 is 1.90 bits per heavy atom. The number of rotatable bonds is 4. The van der Waals surface area contributed by atoms with Crippen molar-refractivity contribution >= 4 is 5.91 Å². The SMILES string of the molecule is CC[C@@H](C)NC(=O)c1ccc(-c2ccc(F)cc2)[nH]c1=O. The molecule has 0 fully saturated rings. The molecule has 1 aromatic carbocycles. The van der Waals surface area contributed by atoms with Crippen molar-refractivity contribution < 1.29 is 9.18 Å². The second-order valence-corrected chi connectivity index (χ2v) is 4.90. The Balaban J connectivity index is 2.27. The van der Waals surface area contributed by atoms with E-state index in [0.29, 0.717) is 11.3 Å². The van der Waals surface area contributed by atoms with Gasteiger partial charge in [-0.25, -0.2) is 4.39 Å². The number of amides is 1. The summed E-state index contributed by atoms with van der Waals surface area (Å²) < 4.78 is 12.9. The van der Waals surface area contributed by atoms with Crippen molar-refractivity contribution in [1.29, 1.82) is 0 Å². The molecule has 0 aliphatic heterocycles. The van der Waals surface area contributed by atoms with Crippen molar-refractivity contribution in [2.75, 3.05) is 0 Å². The first-order valence-electron chi connectivity index (χ1n) is 6.81. The normalized spacial score (nSPS) is 12.0. The van der Waals surface area contributed by atoms with Crippen LogP contribution in [0.25, 0.3) is 11.3 Å². The van der Waals surface area contributed by atoms with E-state index in [0.717, 1.165) is 6.42 Å². The fourth-order valence-electron chi connectivity index (χ4n) is 1.85. The molecule has 0 aliphatic carbocycles. The van der Waals surface area contributed by atoms with E-state index in [9.17, 15) is 14.0 Å². The summed E-state index contributed by atoms with van der Waals surface area (Å²) in [6.07, 6.45) is 0.789. The van der Waals surface area contributed by atoms with Crippen LogP contribution in [0.3, 0.4) is 0 Å². The summed E-state index contributed by atoms with van der Waals surface area (Å²) in [5, 5.41) is 2.74. The van der Waals surface area contributed by atoms with E-state index >= 15 is 0 Å². The smallest absolute Gasteiger partial charge is 0.261 e. The number of carbonyl (C=O) groups is 1. The van der Waals surface area contributed by atoms with E-state index in [4.69, 9.17) is 0 Å². The van der Waals surface area contributed by atoms with Crippen molar-refractivity contribution in [2.45, 2.75) is 26.3 Å². The highest BCUT2D eigenvalue weighted by atomic mass is 19.1. The Morgan fingerprint density at radius 1 is 1.24 bits per heavy atom. The number of H-pyrrole nitrogens is 1. The van der Waals surface area contributed by atoms with E-state index in [2.05, 4.69) is 10.3 Å². The van der Waals surface area contributed by atoms with Gasteiger partial charge in [-0.1, -0.05) is 6.92 Å². The van der Waals surface area contributed by atoms with E-state index in [1.807, 2.05) is 13.8 Å². The molecule has 4 nitrogen and oxygen atoms in total. The van der Waals surface area contributed by atoms with Crippen molar-refractivity contribution in [2.24, 2.45) is 0 Å². The average Bonchev–Trinajstić information content (AvgIpc) is 2.47. The minimum absolute atomic E-state index is 0.00803. The Labute approximate surface area is 122 Å². The summed E-state index contributed by atoms with van der Waals surface area (Å²) in [4.78, 5) is 26.6. The Hall–Kier alpha value is -2.43. The van der Waals surface area contributed by atoms with Gasteiger partial charge in [-0.15, -0.1) is 0 Å². The maximum Gasteiger partial charge on any atom is 0.261 e. The largest absolute Gasteiger partial charge is 0.349 e. The molecule has 2 N–H and O–H groups in total. The summed E-state index contributed by atoms with van der Waals surface area (Å²) >= 11 is 0. The van der Waals surface area contributed by atoms with Gasteiger partial charge in [-0.3, -0.25) is 9.59 Å². The highest BCUT2D eigenvalue weighted by Gasteiger charge is 2.13. The number of benzene rings is 1. The molecule has 110 valence electrons. The number of aromatic nitrogens is 1. The van der Waals surface area contributed by atoms with Gasteiger partial charge in [0.05, 0.1) is 0 Å². The molecule has 1 heterocycles. The molecule has 0 saturated carbocycles. The highest BCUT2D eigenvalue weighted by molar-refractivity contribution is 5.94. The maximum absolute atomic E-state index is 12.9. The number of hydrogen-bond donors (Lipinski definition) is 2. The second-order valence-electron chi connectivity index (χ2n) is 4.90. The minimum atomic E-state index is -0.461. The summed E-state index contributed by atoms with van der Waals surface area (Å²) in [6.45, 7) is 3.83. The zero-order chi connectivity index (χ0) is 15.4. The highest BCUT2D eigenvalue weighted by Crippen LogP contribution is 2.16. The lowest BCUT2D eigenvalue weighted by molar-refractivity contribution is 0.0938. The molecule has 0 unspecified atom stereocenters. The molecular formula is C16H17FN2O2. The number of carbonyl (C=O) groups excluding carboxylic acids is 1. The maximum atomic E-state index is 12.9. The molecule has 0 spiro atoms. The fraction of sp³-hybridized carbons (Fsp3) is 0.250. The van der Waals surface area contributed by atoms with Gasteiger partial charge in [-0.2, -0.15) is 0 Å². The van der Waals surface area contributed by atoms with Crippen LogP contribution < -0.4 is 10.9 Å².